The second kappa shape index (κ2) is 19.7. The van der Waals surface area contributed by atoms with Gasteiger partial charge in [-0.15, -0.1) is 0 Å². The van der Waals surface area contributed by atoms with Gasteiger partial charge in [-0.1, -0.05) is 0 Å². The Kier molecular flexibility index (Phi) is 24.8. The fourth-order valence-electron chi connectivity index (χ4n) is 0.810. The average Bonchev–Trinajstić information content (AvgIpc) is 2.64. The molecule has 6 atom stereocenters. The molecule has 20 heteroatoms. The minimum absolute atomic E-state index is 0. The first kappa shape index (κ1) is 40.4. The van der Waals surface area contributed by atoms with Gasteiger partial charge < -0.3 is 61.3 Å². The summed E-state index contributed by atoms with van der Waals surface area (Å²) < 4.78 is 0. The number of rotatable bonds is 9. The fourth-order valence-corrected chi connectivity index (χ4v) is 0.810. The molecule has 0 spiro atoms. The van der Waals surface area contributed by atoms with Crippen molar-refractivity contribution in [3.05, 3.63) is 0 Å². The maximum absolute atomic E-state index is 9.77. The number of hydrogen-bond acceptors (Lipinski definition) is 12. The molecule has 0 amide bonds. The summed E-state index contributed by atoms with van der Waals surface area (Å²) in [4.78, 5) is 58.6. The third-order valence-corrected chi connectivity index (χ3v) is 2.42. The summed E-state index contributed by atoms with van der Waals surface area (Å²) in [5, 5.41) is 97.6. The Hall–Kier alpha value is -1.99. The third-order valence-electron chi connectivity index (χ3n) is 2.42. The maximum atomic E-state index is 9.77. The van der Waals surface area contributed by atoms with Crippen LogP contribution in [0.2, 0.25) is 0 Å². The Bertz CT molecular complexity index is 498. The molecule has 0 aromatic carbocycles. The molecule has 0 radical (unpaired) electrons. The summed E-state index contributed by atoms with van der Waals surface area (Å²) in [6.45, 7) is 0. The van der Waals surface area contributed by atoms with Crippen LogP contribution >= 0.6 is 0 Å². The van der Waals surface area contributed by atoms with Crippen LogP contribution in [0, 0.1) is 0 Å². The van der Waals surface area contributed by atoms with E-state index in [1.165, 1.54) is 0 Å². The Morgan fingerprint density at radius 3 is 0.406 bits per heavy atom. The largest absolute Gasteiger partial charge is 0.479 e. The minimum atomic E-state index is -2.27. The molecule has 0 aliphatic rings. The van der Waals surface area contributed by atoms with Gasteiger partial charge in [0.25, 0.3) is 0 Å². The zero-order valence-corrected chi connectivity index (χ0v) is 18.4. The van der Waals surface area contributed by atoms with Crippen molar-refractivity contribution in [2.24, 2.45) is 0 Å². The molecule has 0 saturated carbocycles. The molecule has 32 heavy (non-hydrogen) atoms. The Morgan fingerprint density at radius 1 is 0.312 bits per heavy atom. The first-order chi connectivity index (χ1) is 13.4. The molecular weight excluding hydrogens is 528 g/mol. The van der Waals surface area contributed by atoms with Gasteiger partial charge in [-0.25, -0.2) is 28.8 Å². The van der Waals surface area contributed by atoms with E-state index in [9.17, 15) is 28.8 Å². The smallest absolute Gasteiger partial charge is 0.335 e. The number of carboxylic acid groups (broad SMARTS) is 6. The van der Waals surface area contributed by atoms with Crippen LogP contribution in [0.3, 0.4) is 0 Å². The third kappa shape index (κ3) is 17.7. The number of aliphatic carboxylic acids is 6. The van der Waals surface area contributed by atoms with Crippen LogP contribution in [-0.2, 0) is 72.2 Å². The van der Waals surface area contributed by atoms with E-state index in [-0.39, 0.29) is 43.4 Å². The Morgan fingerprint density at radius 2 is 0.375 bits per heavy atom. The van der Waals surface area contributed by atoms with E-state index in [4.69, 9.17) is 61.3 Å². The van der Waals surface area contributed by atoms with Crippen LogP contribution in [0.1, 0.15) is 0 Å². The number of hydrogen-bond donors (Lipinski definition) is 12. The van der Waals surface area contributed by atoms with Crippen LogP contribution in [-0.4, -0.2) is 134 Å². The minimum Gasteiger partial charge on any atom is -0.479 e. The summed E-state index contributed by atoms with van der Waals surface area (Å²) in [5.74, 6) is -10.6. The predicted octanol–water partition coefficient (Wildman–Crippen LogP) is -6.37. The summed E-state index contributed by atoms with van der Waals surface area (Å²) in [7, 11) is 0. The van der Waals surface area contributed by atoms with E-state index in [0.29, 0.717) is 0 Å². The maximum Gasteiger partial charge on any atom is 0.335 e. The van der Waals surface area contributed by atoms with Crippen LogP contribution in [0.15, 0.2) is 0 Å². The summed E-state index contributed by atoms with van der Waals surface area (Å²) in [6.07, 6.45) is -13.6. The predicted molar refractivity (Wildman–Crippen MR) is 81.9 cm³/mol. The number of aliphatic hydroxyl groups is 6. The van der Waals surface area contributed by atoms with E-state index < -0.39 is 72.4 Å². The SMILES string of the molecule is O=C(O)C(O)C(O)C(=O)O.O=C(O)C(O)C(O)C(=O)O.O=C(O)C(O)C(O)C(=O)O.[Ti].[Ti]. The van der Waals surface area contributed by atoms with Crippen molar-refractivity contribution >= 4 is 35.8 Å². The summed E-state index contributed by atoms with van der Waals surface area (Å²) >= 11 is 0. The van der Waals surface area contributed by atoms with E-state index in [0.717, 1.165) is 0 Å². The van der Waals surface area contributed by atoms with Gasteiger partial charge in [0.1, 0.15) is 0 Å². The van der Waals surface area contributed by atoms with E-state index in [1.807, 2.05) is 0 Å². The first-order valence-corrected chi connectivity index (χ1v) is 6.85. The van der Waals surface area contributed by atoms with Gasteiger partial charge in [-0.2, -0.15) is 0 Å². The summed E-state index contributed by atoms with van der Waals surface area (Å²) in [5.41, 5.74) is 0. The van der Waals surface area contributed by atoms with Gasteiger partial charge in [0, 0.05) is 43.4 Å². The zero-order valence-electron chi connectivity index (χ0n) is 15.3. The molecule has 0 saturated heterocycles. The second-order valence-corrected chi connectivity index (χ2v) is 4.70. The van der Waals surface area contributed by atoms with Gasteiger partial charge in [0.2, 0.25) is 0 Å². The van der Waals surface area contributed by atoms with Crippen LogP contribution in [0.25, 0.3) is 0 Å². The normalized spacial score (nSPS) is 14.8. The molecule has 0 aromatic heterocycles. The quantitative estimate of drug-likeness (QED) is 0.120. The topological polar surface area (TPSA) is 345 Å². The number of aliphatic hydroxyl groups excluding tert-OH is 6. The van der Waals surface area contributed by atoms with Crippen LogP contribution in [0.5, 0.6) is 0 Å². The van der Waals surface area contributed by atoms with E-state index in [2.05, 4.69) is 0 Å². The Labute approximate surface area is 205 Å². The van der Waals surface area contributed by atoms with Gasteiger partial charge in [0.05, 0.1) is 0 Å². The average molecular weight is 546 g/mol. The Balaban J connectivity index is -0.000000110. The molecule has 0 aliphatic carbocycles. The van der Waals surface area contributed by atoms with E-state index in [1.54, 1.807) is 0 Å². The van der Waals surface area contributed by atoms with Crippen molar-refractivity contribution in [1.82, 2.24) is 0 Å². The second-order valence-electron chi connectivity index (χ2n) is 4.70. The van der Waals surface area contributed by atoms with Crippen molar-refractivity contribution in [1.29, 1.82) is 0 Å². The molecule has 12 N–H and O–H groups in total. The van der Waals surface area contributed by atoms with Gasteiger partial charge in [-0.3, -0.25) is 0 Å². The molecule has 0 heterocycles. The molecule has 0 aromatic rings. The van der Waals surface area contributed by atoms with Gasteiger partial charge in [-0.05, 0) is 0 Å². The zero-order chi connectivity index (χ0) is 24.9. The van der Waals surface area contributed by atoms with Crippen LogP contribution < -0.4 is 0 Å². The molecule has 18 nitrogen and oxygen atoms in total. The molecule has 182 valence electrons. The van der Waals surface area contributed by atoms with Crippen molar-refractivity contribution in [2.75, 3.05) is 0 Å². The van der Waals surface area contributed by atoms with Crippen molar-refractivity contribution in [3.8, 4) is 0 Å². The van der Waals surface area contributed by atoms with Crippen molar-refractivity contribution in [2.45, 2.75) is 36.6 Å². The standard InChI is InChI=1S/3C4H6O6.2Ti/c3*5-1(3(7)8)2(6)4(9)10;;/h3*1-2,5-6H,(H,7,8)(H,9,10);;. The molecule has 6 unspecified atom stereocenters. The monoisotopic (exact) mass is 546 g/mol. The van der Waals surface area contributed by atoms with Gasteiger partial charge in [0.15, 0.2) is 36.6 Å². The summed E-state index contributed by atoms with van der Waals surface area (Å²) in [6, 6.07) is 0. The van der Waals surface area contributed by atoms with Gasteiger partial charge >= 0.3 is 35.8 Å². The molecule has 0 rings (SSSR count). The number of carboxylic acids is 6. The van der Waals surface area contributed by atoms with Crippen molar-refractivity contribution in [3.63, 3.8) is 0 Å². The molecule has 0 fully saturated rings. The number of carbonyl (C=O) groups is 6. The molecular formula is C12H18O18Ti2. The first-order valence-electron chi connectivity index (χ1n) is 6.85. The van der Waals surface area contributed by atoms with E-state index >= 15 is 0 Å². The fraction of sp³-hybridized carbons (Fsp3) is 0.500. The van der Waals surface area contributed by atoms with Crippen LogP contribution in [0.4, 0.5) is 0 Å². The molecule has 0 bridgehead atoms. The molecule has 0 aliphatic heterocycles. The van der Waals surface area contributed by atoms with Crippen molar-refractivity contribution < 1.29 is 133 Å².